The lowest BCUT2D eigenvalue weighted by molar-refractivity contribution is 0.669. The molecule has 5 heteroatoms. The summed E-state index contributed by atoms with van der Waals surface area (Å²) in [6.07, 6.45) is 9.72. The minimum atomic E-state index is 0.374. The number of furan rings is 1. The zero-order valence-electron chi connectivity index (χ0n) is 27.0. The molecule has 4 nitrogen and oxygen atoms in total. The van der Waals surface area contributed by atoms with Crippen molar-refractivity contribution >= 4 is 53.4 Å². The summed E-state index contributed by atoms with van der Waals surface area (Å²) >= 11 is 1.83. The van der Waals surface area contributed by atoms with Crippen LogP contribution in [-0.4, -0.2) is 15.0 Å². The molecule has 0 spiro atoms. The molecule has 3 aromatic heterocycles. The molecule has 0 aliphatic heterocycles. The molecule has 1 aliphatic carbocycles. The van der Waals surface area contributed by atoms with E-state index in [9.17, 15) is 0 Å². The van der Waals surface area contributed by atoms with Crippen molar-refractivity contribution in [3.63, 3.8) is 0 Å². The van der Waals surface area contributed by atoms with E-state index in [0.29, 0.717) is 23.4 Å². The molecule has 0 saturated carbocycles. The summed E-state index contributed by atoms with van der Waals surface area (Å²) in [5, 5.41) is 4.74. The summed E-state index contributed by atoms with van der Waals surface area (Å²) in [5.41, 5.74) is 7.94. The summed E-state index contributed by atoms with van der Waals surface area (Å²) in [7, 11) is 0. The minimum Gasteiger partial charge on any atom is -0.456 e. The van der Waals surface area contributed by atoms with Gasteiger partial charge in [0.25, 0.3) is 0 Å². The van der Waals surface area contributed by atoms with Crippen molar-refractivity contribution in [2.24, 2.45) is 0 Å². The molecule has 1 unspecified atom stereocenters. The molecule has 9 aromatic rings. The van der Waals surface area contributed by atoms with Gasteiger partial charge in [-0.3, -0.25) is 0 Å². The van der Waals surface area contributed by atoms with Crippen LogP contribution in [0.3, 0.4) is 0 Å². The van der Waals surface area contributed by atoms with Crippen LogP contribution in [0.5, 0.6) is 0 Å². The van der Waals surface area contributed by atoms with Gasteiger partial charge in [0.1, 0.15) is 11.2 Å². The van der Waals surface area contributed by atoms with Crippen LogP contribution in [0.25, 0.3) is 87.4 Å². The van der Waals surface area contributed by atoms with E-state index in [-0.39, 0.29) is 0 Å². The smallest absolute Gasteiger partial charge is 0.164 e. The van der Waals surface area contributed by atoms with Crippen LogP contribution < -0.4 is 0 Å². The molecule has 3 heterocycles. The number of allylic oxidation sites excluding steroid dienone is 4. The molecular weight excluding hydrogens is 631 g/mol. The second-order valence-corrected chi connectivity index (χ2v) is 13.8. The highest BCUT2D eigenvalue weighted by Gasteiger charge is 2.18. The van der Waals surface area contributed by atoms with Crippen molar-refractivity contribution in [3.8, 4) is 45.3 Å². The van der Waals surface area contributed by atoms with Gasteiger partial charge in [0.15, 0.2) is 17.5 Å². The van der Waals surface area contributed by atoms with E-state index in [1.807, 2.05) is 35.6 Å². The molecule has 10 rings (SSSR count). The van der Waals surface area contributed by atoms with E-state index in [0.717, 1.165) is 56.2 Å². The largest absolute Gasteiger partial charge is 0.456 e. The van der Waals surface area contributed by atoms with Crippen LogP contribution in [0.2, 0.25) is 0 Å². The second-order valence-electron chi connectivity index (χ2n) is 12.7. The maximum atomic E-state index is 6.27. The fourth-order valence-corrected chi connectivity index (χ4v) is 8.30. The third kappa shape index (κ3) is 4.94. The molecule has 0 saturated heterocycles. The molecule has 0 amide bonds. The van der Waals surface area contributed by atoms with E-state index < -0.39 is 0 Å². The third-order valence-corrected chi connectivity index (χ3v) is 10.8. The molecule has 0 bridgehead atoms. The standard InChI is InChI=1S/C45H29N3OS/c1-2-10-28(11-3-1)29-18-20-30(21-19-29)43-46-44(32-23-24-35-34-13-6-8-16-39(34)49-40(35)26-32)48-45(47-43)38-15-5-4-12-33(38)31-22-25-37-36-14-7-9-17-41(36)50-42(37)27-31/h1-10,12-28H,11H2. The van der Waals surface area contributed by atoms with Gasteiger partial charge >= 0.3 is 0 Å². The number of para-hydroxylation sites is 1. The van der Waals surface area contributed by atoms with Crippen molar-refractivity contribution < 1.29 is 4.42 Å². The second kappa shape index (κ2) is 11.8. The van der Waals surface area contributed by atoms with Crippen LogP contribution in [0.4, 0.5) is 0 Å². The van der Waals surface area contributed by atoms with E-state index in [2.05, 4.69) is 133 Å². The summed E-state index contributed by atoms with van der Waals surface area (Å²) in [4.78, 5) is 15.4. The fourth-order valence-electron chi connectivity index (χ4n) is 7.15. The van der Waals surface area contributed by atoms with Gasteiger partial charge in [0, 0.05) is 53.6 Å². The van der Waals surface area contributed by atoms with Gasteiger partial charge in [-0.25, -0.2) is 15.0 Å². The topological polar surface area (TPSA) is 51.8 Å². The van der Waals surface area contributed by atoms with Gasteiger partial charge in [0.05, 0.1) is 0 Å². The zero-order valence-corrected chi connectivity index (χ0v) is 27.8. The Kier molecular flexibility index (Phi) is 6.78. The maximum absolute atomic E-state index is 6.27. The van der Waals surface area contributed by atoms with Crippen molar-refractivity contribution in [1.82, 2.24) is 15.0 Å². The first-order valence-electron chi connectivity index (χ1n) is 16.9. The number of hydrogen-bond donors (Lipinski definition) is 0. The van der Waals surface area contributed by atoms with Crippen molar-refractivity contribution in [1.29, 1.82) is 0 Å². The lowest BCUT2D eigenvalue weighted by Crippen LogP contribution is -2.01. The normalized spacial score (nSPS) is 14.4. The molecule has 0 radical (unpaired) electrons. The maximum Gasteiger partial charge on any atom is 0.164 e. The van der Waals surface area contributed by atoms with E-state index in [4.69, 9.17) is 19.4 Å². The highest BCUT2D eigenvalue weighted by atomic mass is 32.1. The molecule has 0 fully saturated rings. The third-order valence-electron chi connectivity index (χ3n) is 9.71. The SMILES string of the molecule is C1=CCC(c2ccc(-c3nc(-c4ccc5c(c4)oc4ccccc45)nc(-c4ccccc4-c4ccc5c(c4)sc4ccccc45)n3)cc2)C=C1. The molecule has 50 heavy (non-hydrogen) atoms. The molecule has 236 valence electrons. The first-order chi connectivity index (χ1) is 24.7. The van der Waals surface area contributed by atoms with Gasteiger partial charge in [-0.2, -0.15) is 0 Å². The fraction of sp³-hybridized carbons (Fsp3) is 0.0444. The Balaban J connectivity index is 1.13. The number of hydrogen-bond acceptors (Lipinski definition) is 5. The summed E-state index contributed by atoms with van der Waals surface area (Å²) in [5.74, 6) is 2.24. The molecule has 1 atom stereocenters. The van der Waals surface area contributed by atoms with Gasteiger partial charge in [0.2, 0.25) is 0 Å². The highest BCUT2D eigenvalue weighted by molar-refractivity contribution is 7.25. The van der Waals surface area contributed by atoms with Crippen LogP contribution in [0.15, 0.2) is 162 Å². The van der Waals surface area contributed by atoms with Crippen LogP contribution in [-0.2, 0) is 0 Å². The molecular formula is C45H29N3OS. The number of rotatable bonds is 5. The van der Waals surface area contributed by atoms with Crippen LogP contribution in [0.1, 0.15) is 17.9 Å². The Morgan fingerprint density at radius 3 is 2.02 bits per heavy atom. The monoisotopic (exact) mass is 659 g/mol. The Labute approximate surface area is 292 Å². The minimum absolute atomic E-state index is 0.374. The predicted molar refractivity (Wildman–Crippen MR) is 207 cm³/mol. The van der Waals surface area contributed by atoms with Crippen LogP contribution >= 0.6 is 11.3 Å². The molecule has 6 aromatic carbocycles. The molecule has 0 N–H and O–H groups in total. The highest BCUT2D eigenvalue weighted by Crippen LogP contribution is 2.39. The van der Waals surface area contributed by atoms with Gasteiger partial charge in [-0.05, 0) is 53.4 Å². The summed E-state index contributed by atoms with van der Waals surface area (Å²) in [6.45, 7) is 0. The number of benzene rings is 6. The number of fused-ring (bicyclic) bond motifs is 6. The van der Waals surface area contributed by atoms with E-state index >= 15 is 0 Å². The van der Waals surface area contributed by atoms with E-state index in [1.165, 1.54) is 25.7 Å². The average Bonchev–Trinajstić information content (AvgIpc) is 3.76. The number of aromatic nitrogens is 3. The van der Waals surface area contributed by atoms with Gasteiger partial charge in [-0.1, -0.05) is 127 Å². The van der Waals surface area contributed by atoms with Crippen molar-refractivity contribution in [3.05, 3.63) is 163 Å². The Morgan fingerprint density at radius 2 is 1.16 bits per heavy atom. The van der Waals surface area contributed by atoms with Crippen molar-refractivity contribution in [2.45, 2.75) is 12.3 Å². The van der Waals surface area contributed by atoms with Crippen molar-refractivity contribution in [2.75, 3.05) is 0 Å². The number of nitrogens with zero attached hydrogens (tertiary/aromatic N) is 3. The lowest BCUT2D eigenvalue weighted by Gasteiger charge is -2.14. The van der Waals surface area contributed by atoms with Gasteiger partial charge in [-0.15, -0.1) is 11.3 Å². The Morgan fingerprint density at radius 1 is 0.500 bits per heavy atom. The molecule has 1 aliphatic rings. The Bertz CT molecular complexity index is 2810. The number of thiophene rings is 1. The average molecular weight is 660 g/mol. The lowest BCUT2D eigenvalue weighted by atomic mass is 9.92. The van der Waals surface area contributed by atoms with E-state index in [1.54, 1.807) is 0 Å². The predicted octanol–water partition coefficient (Wildman–Crippen LogP) is 12.4. The van der Waals surface area contributed by atoms with Gasteiger partial charge < -0.3 is 4.42 Å². The first-order valence-corrected chi connectivity index (χ1v) is 17.7. The Hall–Kier alpha value is -6.17. The van der Waals surface area contributed by atoms with Crippen LogP contribution in [0, 0.1) is 0 Å². The first kappa shape index (κ1) is 28.8. The summed E-state index contributed by atoms with van der Waals surface area (Å²) < 4.78 is 8.83. The quantitative estimate of drug-likeness (QED) is 0.184. The summed E-state index contributed by atoms with van der Waals surface area (Å²) in [6, 6.07) is 46.8. The zero-order chi connectivity index (χ0) is 33.0.